The number of hydrogen-bond acceptors (Lipinski definition) is 4. The number of hydrogen-bond donors (Lipinski definition) is 1. The minimum atomic E-state index is -0.794. The van der Waals surface area contributed by atoms with Gasteiger partial charge in [0.2, 0.25) is 0 Å². The molecule has 0 saturated carbocycles. The highest BCUT2D eigenvalue weighted by atomic mass is 32.1. The van der Waals surface area contributed by atoms with E-state index < -0.39 is 5.97 Å². The van der Waals surface area contributed by atoms with Crippen molar-refractivity contribution in [2.75, 3.05) is 0 Å². The van der Waals surface area contributed by atoms with Crippen LogP contribution in [0.4, 0.5) is 0 Å². The maximum atomic E-state index is 10.5. The Morgan fingerprint density at radius 1 is 1.53 bits per heavy atom. The van der Waals surface area contributed by atoms with E-state index in [0.29, 0.717) is 0 Å². The van der Waals surface area contributed by atoms with Crippen molar-refractivity contribution in [2.24, 2.45) is 0 Å². The van der Waals surface area contributed by atoms with Crippen molar-refractivity contribution in [1.29, 1.82) is 0 Å². The molecule has 0 aliphatic heterocycles. The third kappa shape index (κ3) is 2.43. The number of aromatic nitrogens is 1. The second-order valence-electron chi connectivity index (χ2n) is 3.09. The van der Waals surface area contributed by atoms with E-state index in [1.807, 2.05) is 24.4 Å². The molecule has 0 saturated heterocycles. The number of aryl methyl sites for hydroxylation is 1. The van der Waals surface area contributed by atoms with Crippen LogP contribution in [0.2, 0.25) is 0 Å². The molecule has 2 rings (SSSR count). The summed E-state index contributed by atoms with van der Waals surface area (Å²) in [6, 6.07) is 3.78. The first-order chi connectivity index (χ1) is 7.15. The van der Waals surface area contributed by atoms with E-state index in [0.717, 1.165) is 20.5 Å². The van der Waals surface area contributed by atoms with Crippen LogP contribution in [0.15, 0.2) is 17.5 Å². The summed E-state index contributed by atoms with van der Waals surface area (Å²) >= 11 is 3.09. The zero-order chi connectivity index (χ0) is 10.8. The number of carboxylic acid groups (broad SMARTS) is 1. The lowest BCUT2D eigenvalue weighted by atomic mass is 10.3. The fourth-order valence-corrected chi connectivity index (χ4v) is 2.88. The standard InChI is InChI=1S/C10H9NO2S2/c1-6-11-8(5-14-6)9-3-2-7(15-9)4-10(12)13/h2-3,5H,4H2,1H3,(H,12,13). The molecule has 78 valence electrons. The SMILES string of the molecule is Cc1nc(-c2ccc(CC(=O)O)s2)cs1. The average Bonchev–Trinajstić information content (AvgIpc) is 2.72. The van der Waals surface area contributed by atoms with Gasteiger partial charge in [-0.15, -0.1) is 22.7 Å². The van der Waals surface area contributed by atoms with Gasteiger partial charge in [-0.25, -0.2) is 4.98 Å². The smallest absolute Gasteiger partial charge is 0.308 e. The number of aliphatic carboxylic acids is 1. The highest BCUT2D eigenvalue weighted by Crippen LogP contribution is 2.29. The number of carboxylic acids is 1. The minimum Gasteiger partial charge on any atom is -0.481 e. The van der Waals surface area contributed by atoms with Gasteiger partial charge >= 0.3 is 5.97 Å². The summed E-state index contributed by atoms with van der Waals surface area (Å²) in [5, 5.41) is 11.7. The lowest BCUT2D eigenvalue weighted by Gasteiger charge is -1.89. The predicted molar refractivity (Wildman–Crippen MR) is 61.5 cm³/mol. The van der Waals surface area contributed by atoms with Gasteiger partial charge in [0.25, 0.3) is 0 Å². The van der Waals surface area contributed by atoms with Gasteiger partial charge in [0, 0.05) is 10.3 Å². The normalized spacial score (nSPS) is 10.5. The van der Waals surface area contributed by atoms with E-state index in [1.165, 1.54) is 11.3 Å². The maximum absolute atomic E-state index is 10.5. The molecule has 1 N–H and O–H groups in total. The van der Waals surface area contributed by atoms with Crippen LogP contribution in [0.1, 0.15) is 9.88 Å². The van der Waals surface area contributed by atoms with E-state index in [2.05, 4.69) is 4.98 Å². The first kappa shape index (κ1) is 10.3. The summed E-state index contributed by atoms with van der Waals surface area (Å²) < 4.78 is 0. The molecule has 0 spiro atoms. The molecule has 2 aromatic heterocycles. The number of nitrogens with zero attached hydrogens (tertiary/aromatic N) is 1. The third-order valence-electron chi connectivity index (χ3n) is 1.86. The van der Waals surface area contributed by atoms with Crippen molar-refractivity contribution in [3.8, 4) is 10.6 Å². The monoisotopic (exact) mass is 239 g/mol. The highest BCUT2D eigenvalue weighted by Gasteiger charge is 2.08. The van der Waals surface area contributed by atoms with Crippen LogP contribution in [0.5, 0.6) is 0 Å². The quantitative estimate of drug-likeness (QED) is 0.896. The molecule has 0 fully saturated rings. The fraction of sp³-hybridized carbons (Fsp3) is 0.200. The van der Waals surface area contributed by atoms with Crippen molar-refractivity contribution in [2.45, 2.75) is 13.3 Å². The second kappa shape index (κ2) is 4.12. The molecule has 0 atom stereocenters. The third-order valence-corrected chi connectivity index (χ3v) is 3.74. The molecule has 0 amide bonds. The average molecular weight is 239 g/mol. The summed E-state index contributed by atoms with van der Waals surface area (Å²) in [5.74, 6) is -0.794. The van der Waals surface area contributed by atoms with Crippen LogP contribution in [0.25, 0.3) is 10.6 Å². The second-order valence-corrected chi connectivity index (χ2v) is 5.32. The Morgan fingerprint density at radius 3 is 2.93 bits per heavy atom. The molecule has 3 nitrogen and oxygen atoms in total. The van der Waals surface area contributed by atoms with Gasteiger partial charge in [0.05, 0.1) is 22.0 Å². The van der Waals surface area contributed by atoms with Crippen molar-refractivity contribution >= 4 is 28.6 Å². The number of thiazole rings is 1. The molecule has 0 unspecified atom stereocenters. The highest BCUT2D eigenvalue weighted by molar-refractivity contribution is 7.16. The molecule has 15 heavy (non-hydrogen) atoms. The van der Waals surface area contributed by atoms with Crippen LogP contribution >= 0.6 is 22.7 Å². The van der Waals surface area contributed by atoms with Gasteiger partial charge in [-0.05, 0) is 19.1 Å². The molecule has 2 aromatic rings. The number of thiophene rings is 1. The number of carbonyl (C=O) groups is 1. The minimum absolute atomic E-state index is 0.0911. The van der Waals surface area contributed by atoms with Crippen LogP contribution in [-0.2, 0) is 11.2 Å². The molecule has 5 heteroatoms. The summed E-state index contributed by atoms with van der Waals surface area (Å²) in [4.78, 5) is 16.8. The van der Waals surface area contributed by atoms with E-state index in [4.69, 9.17) is 5.11 Å². The van der Waals surface area contributed by atoms with Crippen molar-refractivity contribution in [1.82, 2.24) is 4.98 Å². The Bertz CT molecular complexity index is 487. The lowest BCUT2D eigenvalue weighted by Crippen LogP contribution is -1.96. The van der Waals surface area contributed by atoms with E-state index in [-0.39, 0.29) is 6.42 Å². The van der Waals surface area contributed by atoms with Crippen molar-refractivity contribution < 1.29 is 9.90 Å². The topological polar surface area (TPSA) is 50.2 Å². The van der Waals surface area contributed by atoms with Gasteiger partial charge in [-0.3, -0.25) is 4.79 Å². The number of rotatable bonds is 3. The summed E-state index contributed by atoms with van der Waals surface area (Å²) in [6.45, 7) is 1.96. The molecule has 0 aliphatic carbocycles. The van der Waals surface area contributed by atoms with Crippen LogP contribution in [0, 0.1) is 6.92 Å². The maximum Gasteiger partial charge on any atom is 0.308 e. The Kier molecular flexibility index (Phi) is 2.83. The van der Waals surface area contributed by atoms with E-state index in [9.17, 15) is 4.79 Å². The first-order valence-corrected chi connectivity index (χ1v) is 6.08. The van der Waals surface area contributed by atoms with Crippen LogP contribution < -0.4 is 0 Å². The summed E-state index contributed by atoms with van der Waals surface area (Å²) in [5.41, 5.74) is 0.944. The lowest BCUT2D eigenvalue weighted by molar-refractivity contribution is -0.136. The van der Waals surface area contributed by atoms with E-state index in [1.54, 1.807) is 11.3 Å². The zero-order valence-electron chi connectivity index (χ0n) is 8.06. The molecule has 0 bridgehead atoms. The molecular weight excluding hydrogens is 230 g/mol. The van der Waals surface area contributed by atoms with Gasteiger partial charge in [-0.2, -0.15) is 0 Å². The zero-order valence-corrected chi connectivity index (χ0v) is 9.69. The van der Waals surface area contributed by atoms with Crippen LogP contribution in [-0.4, -0.2) is 16.1 Å². The molecule has 0 aliphatic rings. The first-order valence-electron chi connectivity index (χ1n) is 4.38. The molecular formula is C10H9NO2S2. The van der Waals surface area contributed by atoms with Gasteiger partial charge in [0.15, 0.2) is 0 Å². The summed E-state index contributed by atoms with van der Waals surface area (Å²) in [7, 11) is 0. The fourth-order valence-electron chi connectivity index (χ4n) is 1.24. The van der Waals surface area contributed by atoms with Crippen molar-refractivity contribution in [3.63, 3.8) is 0 Å². The van der Waals surface area contributed by atoms with Crippen molar-refractivity contribution in [3.05, 3.63) is 27.4 Å². The Morgan fingerprint density at radius 2 is 2.33 bits per heavy atom. The predicted octanol–water partition coefficient (Wildman–Crippen LogP) is 2.81. The van der Waals surface area contributed by atoms with Gasteiger partial charge < -0.3 is 5.11 Å². The largest absolute Gasteiger partial charge is 0.481 e. The molecule has 0 aromatic carbocycles. The van der Waals surface area contributed by atoms with Gasteiger partial charge in [-0.1, -0.05) is 0 Å². The Labute approximate surface area is 95.0 Å². The molecule has 0 radical (unpaired) electrons. The Hall–Kier alpha value is -1.20. The summed E-state index contributed by atoms with van der Waals surface area (Å²) in [6.07, 6.45) is 0.0911. The van der Waals surface area contributed by atoms with E-state index >= 15 is 0 Å². The van der Waals surface area contributed by atoms with Crippen LogP contribution in [0.3, 0.4) is 0 Å². The van der Waals surface area contributed by atoms with Gasteiger partial charge in [0.1, 0.15) is 0 Å². The molecule has 2 heterocycles. The Balaban J connectivity index is 2.23.